The van der Waals surface area contributed by atoms with Crippen LogP contribution in [-0.4, -0.2) is 37.1 Å². The largest absolute Gasteiger partial charge is 0.419 e. The van der Waals surface area contributed by atoms with Crippen LogP contribution in [0.4, 0.5) is 0 Å². The van der Waals surface area contributed by atoms with Crippen LogP contribution in [0.1, 0.15) is 19.2 Å². The van der Waals surface area contributed by atoms with E-state index in [0.717, 1.165) is 6.42 Å². The molecule has 0 saturated carbocycles. The normalized spacial score (nSPS) is 11.0. The van der Waals surface area contributed by atoms with Gasteiger partial charge in [0.15, 0.2) is 0 Å². The topological polar surface area (TPSA) is 94.1 Å². The van der Waals surface area contributed by atoms with Gasteiger partial charge < -0.3 is 9.32 Å². The SMILES string of the molecule is CCCN(Cc1nnc(-c2ccccc2Cl)o1)C(=O)Cn1c(=O)cnc2ccccc21. The van der Waals surface area contributed by atoms with Gasteiger partial charge in [-0.3, -0.25) is 14.2 Å². The maximum absolute atomic E-state index is 13.1. The second-order valence-corrected chi connectivity index (χ2v) is 7.37. The maximum atomic E-state index is 13.1. The summed E-state index contributed by atoms with van der Waals surface area (Å²) in [5, 5.41) is 8.62. The van der Waals surface area contributed by atoms with Gasteiger partial charge in [-0.2, -0.15) is 0 Å². The molecule has 0 aliphatic heterocycles. The van der Waals surface area contributed by atoms with E-state index in [-0.39, 0.29) is 24.6 Å². The molecule has 0 bridgehead atoms. The van der Waals surface area contributed by atoms with E-state index in [1.54, 1.807) is 29.2 Å². The van der Waals surface area contributed by atoms with Crippen molar-refractivity contribution in [3.8, 4) is 11.5 Å². The van der Waals surface area contributed by atoms with Crippen LogP contribution < -0.4 is 5.56 Å². The molecule has 31 heavy (non-hydrogen) atoms. The fraction of sp³-hybridized carbons (Fsp3) is 0.227. The van der Waals surface area contributed by atoms with Gasteiger partial charge in [-0.15, -0.1) is 10.2 Å². The smallest absolute Gasteiger partial charge is 0.269 e. The van der Waals surface area contributed by atoms with Crippen molar-refractivity contribution in [3.63, 3.8) is 0 Å². The number of hydrogen-bond donors (Lipinski definition) is 0. The van der Waals surface area contributed by atoms with Crippen LogP contribution in [0.15, 0.2) is 63.9 Å². The highest BCUT2D eigenvalue weighted by Crippen LogP contribution is 2.26. The van der Waals surface area contributed by atoms with Gasteiger partial charge in [0.05, 0.1) is 34.4 Å². The van der Waals surface area contributed by atoms with Gasteiger partial charge in [-0.25, -0.2) is 4.98 Å². The molecule has 0 N–H and O–H groups in total. The van der Waals surface area contributed by atoms with Crippen molar-refractivity contribution in [2.45, 2.75) is 26.4 Å². The fourth-order valence-electron chi connectivity index (χ4n) is 3.30. The summed E-state index contributed by atoms with van der Waals surface area (Å²) in [7, 11) is 0. The minimum atomic E-state index is -0.331. The molecular formula is C22H20ClN5O3. The summed E-state index contributed by atoms with van der Waals surface area (Å²) in [5.41, 5.74) is 1.56. The Kier molecular flexibility index (Phi) is 6.08. The van der Waals surface area contributed by atoms with Crippen molar-refractivity contribution >= 4 is 28.5 Å². The Hall–Kier alpha value is -3.52. The molecule has 0 atom stereocenters. The highest BCUT2D eigenvalue weighted by Gasteiger charge is 2.19. The monoisotopic (exact) mass is 437 g/mol. The van der Waals surface area contributed by atoms with Crippen LogP contribution in [0.5, 0.6) is 0 Å². The van der Waals surface area contributed by atoms with Gasteiger partial charge in [-0.1, -0.05) is 42.8 Å². The number of aromatic nitrogens is 4. The van der Waals surface area contributed by atoms with E-state index in [1.807, 2.05) is 31.2 Å². The summed E-state index contributed by atoms with van der Waals surface area (Å²) in [5.74, 6) is 0.363. The molecule has 0 aliphatic rings. The molecule has 8 nitrogen and oxygen atoms in total. The second kappa shape index (κ2) is 9.09. The van der Waals surface area contributed by atoms with Crippen LogP contribution in [0.2, 0.25) is 5.02 Å². The Morgan fingerprint density at radius 2 is 1.90 bits per heavy atom. The number of benzene rings is 2. The van der Waals surface area contributed by atoms with E-state index in [4.69, 9.17) is 16.0 Å². The van der Waals surface area contributed by atoms with Gasteiger partial charge in [0.25, 0.3) is 5.56 Å². The molecule has 4 rings (SSSR count). The summed E-state index contributed by atoms with van der Waals surface area (Å²) < 4.78 is 7.17. The van der Waals surface area contributed by atoms with Crippen molar-refractivity contribution in [2.75, 3.05) is 6.54 Å². The number of hydrogen-bond acceptors (Lipinski definition) is 6. The van der Waals surface area contributed by atoms with Crippen molar-refractivity contribution < 1.29 is 9.21 Å². The number of amides is 1. The Bertz CT molecular complexity index is 1280. The maximum Gasteiger partial charge on any atom is 0.269 e. The molecule has 9 heteroatoms. The number of fused-ring (bicyclic) bond motifs is 1. The Morgan fingerprint density at radius 1 is 1.13 bits per heavy atom. The van der Waals surface area contributed by atoms with E-state index < -0.39 is 0 Å². The molecule has 2 aromatic heterocycles. The van der Waals surface area contributed by atoms with Crippen molar-refractivity contribution in [1.29, 1.82) is 0 Å². The van der Waals surface area contributed by atoms with Gasteiger partial charge in [-0.05, 0) is 30.7 Å². The summed E-state index contributed by atoms with van der Waals surface area (Å²) in [6, 6.07) is 14.4. The van der Waals surface area contributed by atoms with E-state index in [9.17, 15) is 9.59 Å². The van der Waals surface area contributed by atoms with Gasteiger partial charge in [0, 0.05) is 6.54 Å². The molecule has 2 heterocycles. The quantitative estimate of drug-likeness (QED) is 0.439. The van der Waals surface area contributed by atoms with E-state index in [0.29, 0.717) is 39.9 Å². The average Bonchev–Trinajstić information content (AvgIpc) is 3.24. The molecule has 158 valence electrons. The lowest BCUT2D eigenvalue weighted by Gasteiger charge is -2.21. The summed E-state index contributed by atoms with van der Waals surface area (Å²) in [6.45, 7) is 2.49. The standard InChI is InChI=1S/C22H20ClN5O3/c1-2-11-27(13-19-25-26-22(31-19)15-7-3-4-8-16(15)23)21(30)14-28-18-10-6-5-9-17(18)24-12-20(28)29/h3-10,12H,2,11,13-14H2,1H3. The molecule has 2 aromatic carbocycles. The van der Waals surface area contributed by atoms with Gasteiger partial charge in [0.2, 0.25) is 17.7 Å². The van der Waals surface area contributed by atoms with Crippen LogP contribution >= 0.6 is 11.6 Å². The lowest BCUT2D eigenvalue weighted by Crippen LogP contribution is -2.37. The minimum Gasteiger partial charge on any atom is -0.419 e. The number of rotatable bonds is 7. The summed E-state index contributed by atoms with van der Waals surface area (Å²) in [6.07, 6.45) is 1.97. The van der Waals surface area contributed by atoms with Gasteiger partial charge >= 0.3 is 0 Å². The number of carbonyl (C=O) groups excluding carboxylic acids is 1. The Balaban J connectivity index is 1.56. The van der Waals surface area contributed by atoms with Crippen LogP contribution in [0.3, 0.4) is 0 Å². The molecule has 1 amide bonds. The average molecular weight is 438 g/mol. The zero-order chi connectivity index (χ0) is 21.8. The molecule has 0 aliphatic carbocycles. The third kappa shape index (κ3) is 4.49. The predicted octanol–water partition coefficient (Wildman–Crippen LogP) is 3.54. The number of nitrogens with zero attached hydrogens (tertiary/aromatic N) is 5. The van der Waals surface area contributed by atoms with Crippen molar-refractivity contribution in [1.82, 2.24) is 24.6 Å². The first kappa shape index (κ1) is 20.7. The van der Waals surface area contributed by atoms with E-state index in [1.165, 1.54) is 10.8 Å². The minimum absolute atomic E-state index is 0.104. The third-order valence-electron chi connectivity index (χ3n) is 4.79. The van der Waals surface area contributed by atoms with Crippen LogP contribution in [0.25, 0.3) is 22.5 Å². The zero-order valence-electron chi connectivity index (χ0n) is 16.9. The molecule has 0 spiro atoms. The highest BCUT2D eigenvalue weighted by molar-refractivity contribution is 6.33. The first-order valence-corrected chi connectivity index (χ1v) is 10.2. The summed E-state index contributed by atoms with van der Waals surface area (Å²) >= 11 is 6.20. The van der Waals surface area contributed by atoms with E-state index in [2.05, 4.69) is 15.2 Å². The number of para-hydroxylation sites is 2. The Morgan fingerprint density at radius 3 is 2.71 bits per heavy atom. The zero-order valence-corrected chi connectivity index (χ0v) is 17.6. The molecule has 0 unspecified atom stereocenters. The summed E-state index contributed by atoms with van der Waals surface area (Å²) in [4.78, 5) is 31.2. The third-order valence-corrected chi connectivity index (χ3v) is 5.12. The van der Waals surface area contributed by atoms with E-state index >= 15 is 0 Å². The Labute approximate surface area is 183 Å². The lowest BCUT2D eigenvalue weighted by atomic mass is 10.2. The first-order chi connectivity index (χ1) is 15.1. The lowest BCUT2D eigenvalue weighted by molar-refractivity contribution is -0.132. The van der Waals surface area contributed by atoms with Gasteiger partial charge in [0.1, 0.15) is 6.54 Å². The predicted molar refractivity (Wildman–Crippen MR) is 116 cm³/mol. The first-order valence-electron chi connectivity index (χ1n) is 9.86. The highest BCUT2D eigenvalue weighted by atomic mass is 35.5. The molecular weight excluding hydrogens is 418 g/mol. The number of halogens is 1. The molecule has 0 saturated heterocycles. The van der Waals surface area contributed by atoms with Crippen LogP contribution in [0, 0.1) is 0 Å². The molecule has 0 fully saturated rings. The molecule has 4 aromatic rings. The van der Waals surface area contributed by atoms with Crippen molar-refractivity contribution in [3.05, 3.63) is 76.0 Å². The van der Waals surface area contributed by atoms with Crippen molar-refractivity contribution in [2.24, 2.45) is 0 Å². The molecule has 0 radical (unpaired) electrons. The second-order valence-electron chi connectivity index (χ2n) is 6.97. The number of carbonyl (C=O) groups is 1. The fourth-order valence-corrected chi connectivity index (χ4v) is 3.52. The van der Waals surface area contributed by atoms with Crippen LogP contribution in [-0.2, 0) is 17.9 Å².